The van der Waals surface area contributed by atoms with Gasteiger partial charge in [-0.15, -0.1) is 21.5 Å². The monoisotopic (exact) mass is 364 g/mol. The SMILES string of the molecule is CCc1c(-c2nnc(SCC(=O)NC3CCCC3)n2C)csc1C. The fourth-order valence-corrected chi connectivity index (χ4v) is 4.91. The molecule has 1 aliphatic rings. The zero-order valence-electron chi connectivity index (χ0n) is 14.5. The lowest BCUT2D eigenvalue weighted by Crippen LogP contribution is -2.33. The summed E-state index contributed by atoms with van der Waals surface area (Å²) in [5.74, 6) is 1.37. The molecule has 1 saturated carbocycles. The number of aryl methyl sites for hydroxylation is 1. The molecule has 5 nitrogen and oxygen atoms in total. The summed E-state index contributed by atoms with van der Waals surface area (Å²) in [6.07, 6.45) is 5.67. The number of hydrogen-bond donors (Lipinski definition) is 1. The quantitative estimate of drug-likeness (QED) is 0.796. The number of rotatable bonds is 6. The van der Waals surface area contributed by atoms with E-state index in [0.29, 0.717) is 11.8 Å². The van der Waals surface area contributed by atoms with Crippen molar-refractivity contribution in [2.75, 3.05) is 5.75 Å². The van der Waals surface area contributed by atoms with Crippen LogP contribution in [0.2, 0.25) is 0 Å². The smallest absolute Gasteiger partial charge is 0.230 e. The first-order valence-electron chi connectivity index (χ1n) is 8.49. The zero-order valence-corrected chi connectivity index (χ0v) is 16.1. The Kier molecular flexibility index (Phi) is 5.61. The zero-order chi connectivity index (χ0) is 17.1. The Labute approximate surface area is 151 Å². The second kappa shape index (κ2) is 7.70. The summed E-state index contributed by atoms with van der Waals surface area (Å²) in [5.41, 5.74) is 2.50. The van der Waals surface area contributed by atoms with Crippen LogP contribution in [0.15, 0.2) is 10.5 Å². The van der Waals surface area contributed by atoms with E-state index in [-0.39, 0.29) is 5.91 Å². The van der Waals surface area contributed by atoms with Gasteiger partial charge in [0, 0.05) is 28.9 Å². The van der Waals surface area contributed by atoms with E-state index in [1.54, 1.807) is 11.3 Å². The Morgan fingerprint density at radius 2 is 2.17 bits per heavy atom. The molecule has 2 heterocycles. The minimum atomic E-state index is 0.0945. The molecular weight excluding hydrogens is 340 g/mol. The average molecular weight is 365 g/mol. The number of aromatic nitrogens is 3. The molecule has 0 radical (unpaired) electrons. The van der Waals surface area contributed by atoms with Crippen LogP contribution in [-0.2, 0) is 18.3 Å². The minimum absolute atomic E-state index is 0.0945. The molecule has 1 fully saturated rings. The van der Waals surface area contributed by atoms with E-state index in [9.17, 15) is 4.79 Å². The standard InChI is InChI=1S/C17H24N4OS2/c1-4-13-11(2)23-9-14(13)16-19-20-17(21(16)3)24-10-15(22)18-12-7-5-6-8-12/h9,12H,4-8,10H2,1-3H3,(H,18,22). The van der Waals surface area contributed by atoms with E-state index >= 15 is 0 Å². The van der Waals surface area contributed by atoms with E-state index in [4.69, 9.17) is 0 Å². The average Bonchev–Trinajstić information content (AvgIpc) is 3.27. The van der Waals surface area contributed by atoms with Crippen LogP contribution in [0.25, 0.3) is 11.4 Å². The molecule has 1 N–H and O–H groups in total. The van der Waals surface area contributed by atoms with Crippen LogP contribution in [0.4, 0.5) is 0 Å². The number of nitrogens with one attached hydrogen (secondary N) is 1. The molecule has 0 aliphatic heterocycles. The van der Waals surface area contributed by atoms with Gasteiger partial charge in [-0.1, -0.05) is 31.5 Å². The Balaban J connectivity index is 1.65. The first kappa shape index (κ1) is 17.5. The molecule has 2 aromatic rings. The first-order chi connectivity index (χ1) is 11.6. The Bertz CT molecular complexity index is 716. The number of hydrogen-bond acceptors (Lipinski definition) is 5. The van der Waals surface area contributed by atoms with Gasteiger partial charge in [0.1, 0.15) is 0 Å². The third-order valence-corrected chi connectivity index (χ3v) is 6.56. The van der Waals surface area contributed by atoms with Crippen LogP contribution in [0, 0.1) is 6.92 Å². The van der Waals surface area contributed by atoms with E-state index in [1.807, 2.05) is 11.6 Å². The molecule has 0 aromatic carbocycles. The van der Waals surface area contributed by atoms with Crippen molar-refractivity contribution in [3.05, 3.63) is 15.8 Å². The molecule has 3 rings (SSSR count). The van der Waals surface area contributed by atoms with Gasteiger partial charge in [-0.25, -0.2) is 0 Å². The van der Waals surface area contributed by atoms with Gasteiger partial charge in [-0.3, -0.25) is 4.79 Å². The summed E-state index contributed by atoms with van der Waals surface area (Å²) in [7, 11) is 1.97. The highest BCUT2D eigenvalue weighted by Gasteiger charge is 2.19. The molecule has 2 aromatic heterocycles. The fourth-order valence-electron chi connectivity index (χ4n) is 3.25. The fraction of sp³-hybridized carbons (Fsp3) is 0.588. The maximum atomic E-state index is 12.1. The Hall–Kier alpha value is -1.34. The van der Waals surface area contributed by atoms with E-state index in [0.717, 1.165) is 35.8 Å². The van der Waals surface area contributed by atoms with Gasteiger partial charge in [0.05, 0.1) is 5.75 Å². The topological polar surface area (TPSA) is 59.8 Å². The van der Waals surface area contributed by atoms with Gasteiger partial charge in [0.2, 0.25) is 5.91 Å². The van der Waals surface area contributed by atoms with Gasteiger partial charge < -0.3 is 9.88 Å². The summed E-state index contributed by atoms with van der Waals surface area (Å²) >= 11 is 3.21. The predicted molar refractivity (Wildman–Crippen MR) is 99.6 cm³/mol. The van der Waals surface area contributed by atoms with Gasteiger partial charge in [0.15, 0.2) is 11.0 Å². The molecule has 0 spiro atoms. The lowest BCUT2D eigenvalue weighted by molar-refractivity contribution is -0.119. The van der Waals surface area contributed by atoms with Crippen LogP contribution in [0.5, 0.6) is 0 Å². The van der Waals surface area contributed by atoms with Crippen LogP contribution in [-0.4, -0.2) is 32.5 Å². The van der Waals surface area contributed by atoms with E-state index in [1.165, 1.54) is 35.0 Å². The molecule has 24 heavy (non-hydrogen) atoms. The van der Waals surface area contributed by atoms with Crippen LogP contribution in [0.3, 0.4) is 0 Å². The Morgan fingerprint density at radius 3 is 2.88 bits per heavy atom. The van der Waals surface area contributed by atoms with E-state index < -0.39 is 0 Å². The van der Waals surface area contributed by atoms with Gasteiger partial charge in [-0.05, 0) is 31.7 Å². The van der Waals surface area contributed by atoms with E-state index in [2.05, 4.69) is 34.7 Å². The molecule has 0 atom stereocenters. The van der Waals surface area contributed by atoms with Gasteiger partial charge in [0.25, 0.3) is 0 Å². The lowest BCUT2D eigenvalue weighted by Gasteiger charge is -2.11. The summed E-state index contributed by atoms with van der Waals surface area (Å²) in [6, 6.07) is 0.369. The number of carbonyl (C=O) groups is 1. The maximum absolute atomic E-state index is 12.1. The molecule has 7 heteroatoms. The largest absolute Gasteiger partial charge is 0.353 e. The first-order valence-corrected chi connectivity index (χ1v) is 10.4. The molecule has 0 saturated heterocycles. The van der Waals surface area contributed by atoms with Crippen LogP contribution in [0.1, 0.15) is 43.0 Å². The third-order valence-electron chi connectivity index (χ3n) is 4.59. The number of amides is 1. The highest BCUT2D eigenvalue weighted by Crippen LogP contribution is 2.31. The summed E-state index contributed by atoms with van der Waals surface area (Å²) in [5, 5.41) is 14.7. The van der Waals surface area contributed by atoms with Gasteiger partial charge in [-0.2, -0.15) is 0 Å². The van der Waals surface area contributed by atoms with Crippen molar-refractivity contribution in [1.29, 1.82) is 0 Å². The van der Waals surface area contributed by atoms with Crippen molar-refractivity contribution in [2.24, 2.45) is 7.05 Å². The van der Waals surface area contributed by atoms with Crippen LogP contribution >= 0.6 is 23.1 Å². The minimum Gasteiger partial charge on any atom is -0.353 e. The van der Waals surface area contributed by atoms with Crippen molar-refractivity contribution in [3.63, 3.8) is 0 Å². The number of thioether (sulfide) groups is 1. The highest BCUT2D eigenvalue weighted by molar-refractivity contribution is 7.99. The molecule has 1 aliphatic carbocycles. The number of thiophene rings is 1. The number of nitrogens with zero attached hydrogens (tertiary/aromatic N) is 3. The van der Waals surface area contributed by atoms with Crippen molar-refractivity contribution < 1.29 is 4.79 Å². The summed E-state index contributed by atoms with van der Waals surface area (Å²) < 4.78 is 1.99. The Morgan fingerprint density at radius 1 is 1.42 bits per heavy atom. The predicted octanol–water partition coefficient (Wildman–Crippen LogP) is 3.57. The van der Waals surface area contributed by atoms with Crippen molar-refractivity contribution in [1.82, 2.24) is 20.1 Å². The lowest BCUT2D eigenvalue weighted by atomic mass is 10.1. The molecular formula is C17H24N4OS2. The normalized spacial score (nSPS) is 15.1. The number of carbonyl (C=O) groups excluding carboxylic acids is 1. The molecule has 130 valence electrons. The van der Waals surface area contributed by atoms with Crippen LogP contribution < -0.4 is 5.32 Å². The molecule has 0 unspecified atom stereocenters. The second-order valence-electron chi connectivity index (χ2n) is 6.24. The van der Waals surface area contributed by atoms with Crippen molar-refractivity contribution in [2.45, 2.75) is 57.1 Å². The third kappa shape index (κ3) is 3.67. The van der Waals surface area contributed by atoms with Crippen molar-refractivity contribution in [3.8, 4) is 11.4 Å². The summed E-state index contributed by atoms with van der Waals surface area (Å²) in [6.45, 7) is 4.31. The highest BCUT2D eigenvalue weighted by atomic mass is 32.2. The molecule has 0 bridgehead atoms. The van der Waals surface area contributed by atoms with Crippen molar-refractivity contribution >= 4 is 29.0 Å². The van der Waals surface area contributed by atoms with Gasteiger partial charge >= 0.3 is 0 Å². The second-order valence-corrected chi connectivity index (χ2v) is 8.27. The maximum Gasteiger partial charge on any atom is 0.230 e. The summed E-state index contributed by atoms with van der Waals surface area (Å²) in [4.78, 5) is 13.4. The molecule has 1 amide bonds.